The van der Waals surface area contributed by atoms with Gasteiger partial charge >= 0.3 is 0 Å². The molecule has 0 fully saturated rings. The SMILES string of the molecule is Cc1ccc2c(c1)cc1c(=O)n(CC(=O)NC[C@@H](C)c3ccccc3)nc(C)n12. The Morgan fingerprint density at radius 1 is 1.07 bits per heavy atom. The number of hydrogen-bond donors (Lipinski definition) is 1. The van der Waals surface area contributed by atoms with Gasteiger partial charge in [-0.1, -0.05) is 48.9 Å². The van der Waals surface area contributed by atoms with E-state index in [1.807, 2.05) is 72.8 Å². The average Bonchev–Trinajstić information content (AvgIpc) is 3.10. The van der Waals surface area contributed by atoms with E-state index in [-0.39, 0.29) is 23.9 Å². The number of hydrogen-bond acceptors (Lipinski definition) is 3. The van der Waals surface area contributed by atoms with Gasteiger partial charge in [0.25, 0.3) is 5.56 Å². The Hall–Kier alpha value is -3.41. The minimum atomic E-state index is -0.268. The summed E-state index contributed by atoms with van der Waals surface area (Å²) in [4.78, 5) is 25.4. The number of aryl methyl sites for hydroxylation is 2. The summed E-state index contributed by atoms with van der Waals surface area (Å²) in [5.74, 6) is 0.634. The van der Waals surface area contributed by atoms with Crippen LogP contribution in [0.5, 0.6) is 0 Å². The van der Waals surface area contributed by atoms with Gasteiger partial charge in [0.1, 0.15) is 17.9 Å². The van der Waals surface area contributed by atoms with Crippen molar-refractivity contribution in [3.63, 3.8) is 0 Å². The molecule has 2 aromatic carbocycles. The molecular weight excluding hydrogens is 364 g/mol. The quantitative estimate of drug-likeness (QED) is 0.571. The predicted octanol–water partition coefficient (Wildman–Crippen LogP) is 3.19. The lowest BCUT2D eigenvalue weighted by molar-refractivity contribution is -0.121. The van der Waals surface area contributed by atoms with Gasteiger partial charge in [0.2, 0.25) is 5.91 Å². The van der Waals surface area contributed by atoms with Crippen LogP contribution in [0, 0.1) is 13.8 Å². The predicted molar refractivity (Wildman–Crippen MR) is 114 cm³/mol. The minimum Gasteiger partial charge on any atom is -0.354 e. The zero-order valence-corrected chi connectivity index (χ0v) is 16.8. The zero-order chi connectivity index (χ0) is 20.5. The van der Waals surface area contributed by atoms with Crippen LogP contribution in [-0.4, -0.2) is 26.6 Å². The summed E-state index contributed by atoms with van der Waals surface area (Å²) < 4.78 is 3.10. The third kappa shape index (κ3) is 3.66. The lowest BCUT2D eigenvalue weighted by Crippen LogP contribution is -2.36. The molecule has 0 bridgehead atoms. The van der Waals surface area contributed by atoms with Crippen molar-refractivity contribution in [2.75, 3.05) is 6.54 Å². The van der Waals surface area contributed by atoms with E-state index in [2.05, 4.69) is 17.3 Å². The van der Waals surface area contributed by atoms with E-state index in [0.29, 0.717) is 17.9 Å². The minimum absolute atomic E-state index is 0.0990. The molecular formula is C23H24N4O2. The fourth-order valence-corrected chi connectivity index (χ4v) is 3.70. The normalized spacial score (nSPS) is 12.4. The highest BCUT2D eigenvalue weighted by atomic mass is 16.2. The fraction of sp³-hybridized carbons (Fsp3) is 0.261. The van der Waals surface area contributed by atoms with Gasteiger partial charge in [0.15, 0.2) is 0 Å². The van der Waals surface area contributed by atoms with Crippen molar-refractivity contribution >= 4 is 22.3 Å². The number of rotatable bonds is 5. The van der Waals surface area contributed by atoms with Gasteiger partial charge in [-0.15, -0.1) is 0 Å². The number of nitrogens with one attached hydrogen (secondary N) is 1. The number of nitrogens with zero attached hydrogens (tertiary/aromatic N) is 3. The summed E-state index contributed by atoms with van der Waals surface area (Å²) in [6.45, 7) is 6.33. The standard InChI is InChI=1S/C23H24N4O2/c1-15-9-10-20-19(11-15)12-21-23(29)26(25-17(3)27(20)21)14-22(28)24-13-16(2)18-7-5-4-6-8-18/h4-12,16H,13-14H2,1-3H3,(H,24,28)/t16-/m1/s1. The molecule has 0 aliphatic carbocycles. The van der Waals surface area contributed by atoms with Crippen LogP contribution in [0.4, 0.5) is 0 Å². The first-order chi connectivity index (χ1) is 13.9. The third-order valence-electron chi connectivity index (χ3n) is 5.27. The zero-order valence-electron chi connectivity index (χ0n) is 16.8. The first-order valence-electron chi connectivity index (χ1n) is 9.75. The van der Waals surface area contributed by atoms with Gasteiger partial charge in [0.05, 0.1) is 5.52 Å². The number of amides is 1. The van der Waals surface area contributed by atoms with Crippen molar-refractivity contribution in [2.45, 2.75) is 33.2 Å². The molecule has 2 heterocycles. The van der Waals surface area contributed by atoms with Crippen LogP contribution in [0.25, 0.3) is 16.4 Å². The Bertz CT molecular complexity index is 1250. The van der Waals surface area contributed by atoms with Gasteiger partial charge in [-0.25, -0.2) is 4.68 Å². The van der Waals surface area contributed by atoms with Crippen LogP contribution in [0.3, 0.4) is 0 Å². The summed E-state index contributed by atoms with van der Waals surface area (Å²) >= 11 is 0. The van der Waals surface area contributed by atoms with E-state index in [1.54, 1.807) is 0 Å². The first kappa shape index (κ1) is 18.9. The molecule has 1 N–H and O–H groups in total. The van der Waals surface area contributed by atoms with Crippen LogP contribution in [-0.2, 0) is 11.3 Å². The van der Waals surface area contributed by atoms with Crippen LogP contribution in [0.15, 0.2) is 59.4 Å². The summed E-state index contributed by atoms with van der Waals surface area (Å²) in [6.07, 6.45) is 0. The molecule has 2 aromatic heterocycles. The van der Waals surface area contributed by atoms with Crippen LogP contribution >= 0.6 is 0 Å². The Balaban J connectivity index is 1.56. The lowest BCUT2D eigenvalue weighted by atomic mass is 10.0. The number of aromatic nitrogens is 3. The maximum Gasteiger partial charge on any atom is 0.291 e. The topological polar surface area (TPSA) is 68.4 Å². The van der Waals surface area contributed by atoms with Crippen molar-refractivity contribution < 1.29 is 4.79 Å². The third-order valence-corrected chi connectivity index (χ3v) is 5.27. The molecule has 0 unspecified atom stereocenters. The molecule has 4 aromatic rings. The molecule has 148 valence electrons. The molecule has 1 amide bonds. The molecule has 0 saturated carbocycles. The summed E-state index contributed by atoms with van der Waals surface area (Å²) in [5.41, 5.74) is 3.50. The maximum atomic E-state index is 12.9. The summed E-state index contributed by atoms with van der Waals surface area (Å²) in [5, 5.41) is 8.28. The van der Waals surface area contributed by atoms with E-state index >= 15 is 0 Å². The van der Waals surface area contributed by atoms with Crippen LogP contribution in [0.2, 0.25) is 0 Å². The monoisotopic (exact) mass is 388 g/mol. The highest BCUT2D eigenvalue weighted by Gasteiger charge is 2.15. The lowest BCUT2D eigenvalue weighted by Gasteiger charge is -2.14. The maximum absolute atomic E-state index is 12.9. The van der Waals surface area contributed by atoms with E-state index in [4.69, 9.17) is 0 Å². The highest BCUT2D eigenvalue weighted by Crippen LogP contribution is 2.20. The van der Waals surface area contributed by atoms with E-state index in [0.717, 1.165) is 22.0 Å². The van der Waals surface area contributed by atoms with Crippen molar-refractivity contribution in [1.29, 1.82) is 0 Å². The Labute approximate surface area is 168 Å². The van der Waals surface area contributed by atoms with E-state index in [9.17, 15) is 9.59 Å². The summed E-state index contributed by atoms with van der Waals surface area (Å²) in [7, 11) is 0. The van der Waals surface area contributed by atoms with Crippen molar-refractivity contribution in [3.8, 4) is 0 Å². The molecule has 6 heteroatoms. The second-order valence-corrected chi connectivity index (χ2v) is 7.55. The van der Waals surface area contributed by atoms with Crippen LogP contribution < -0.4 is 10.9 Å². The molecule has 4 rings (SSSR count). The molecule has 0 aliphatic heterocycles. The molecule has 1 atom stereocenters. The molecule has 0 radical (unpaired) electrons. The molecule has 0 aliphatic rings. The second-order valence-electron chi connectivity index (χ2n) is 7.55. The summed E-state index contributed by atoms with van der Waals surface area (Å²) in [6, 6.07) is 17.9. The average molecular weight is 388 g/mol. The smallest absolute Gasteiger partial charge is 0.291 e. The number of fused-ring (bicyclic) bond motifs is 3. The van der Waals surface area contributed by atoms with E-state index < -0.39 is 0 Å². The molecule has 0 spiro atoms. The Kier molecular flexibility index (Phi) is 4.92. The molecule has 6 nitrogen and oxygen atoms in total. The van der Waals surface area contributed by atoms with Crippen molar-refractivity contribution in [3.05, 3.63) is 81.9 Å². The molecule has 0 saturated heterocycles. The number of carbonyl (C=O) groups excluding carboxylic acids is 1. The molecule has 29 heavy (non-hydrogen) atoms. The first-order valence-corrected chi connectivity index (χ1v) is 9.75. The van der Waals surface area contributed by atoms with Gasteiger partial charge in [-0.3, -0.25) is 14.0 Å². The van der Waals surface area contributed by atoms with E-state index in [1.165, 1.54) is 4.68 Å². The van der Waals surface area contributed by atoms with Gasteiger partial charge < -0.3 is 5.32 Å². The van der Waals surface area contributed by atoms with Gasteiger partial charge in [0, 0.05) is 11.9 Å². The Morgan fingerprint density at radius 3 is 2.59 bits per heavy atom. The fourth-order valence-electron chi connectivity index (χ4n) is 3.70. The number of carbonyl (C=O) groups is 1. The van der Waals surface area contributed by atoms with Gasteiger partial charge in [-0.05, 0) is 43.5 Å². The van der Waals surface area contributed by atoms with Crippen molar-refractivity contribution in [1.82, 2.24) is 19.5 Å². The van der Waals surface area contributed by atoms with Crippen molar-refractivity contribution in [2.24, 2.45) is 0 Å². The second kappa shape index (κ2) is 7.54. The Morgan fingerprint density at radius 2 is 1.83 bits per heavy atom. The van der Waals surface area contributed by atoms with Gasteiger partial charge in [-0.2, -0.15) is 5.10 Å². The highest BCUT2D eigenvalue weighted by molar-refractivity contribution is 5.87. The van der Waals surface area contributed by atoms with Crippen LogP contribution in [0.1, 0.15) is 29.8 Å². The number of benzene rings is 2. The largest absolute Gasteiger partial charge is 0.354 e.